The number of nitrogens with zero attached hydrogens (tertiary/aromatic N) is 3. The molecule has 1 unspecified atom stereocenters. The Morgan fingerprint density at radius 3 is 2.26 bits per heavy atom. The van der Waals surface area contributed by atoms with Gasteiger partial charge in [0.15, 0.2) is 0 Å². The normalized spacial score (nSPS) is 17.7. The van der Waals surface area contributed by atoms with Crippen LogP contribution in [-0.4, -0.2) is 39.1 Å². The average Bonchev–Trinajstić information content (AvgIpc) is 3.22. The van der Waals surface area contributed by atoms with Gasteiger partial charge in [0.2, 0.25) is 5.91 Å². The van der Waals surface area contributed by atoms with E-state index >= 15 is 0 Å². The molecule has 0 bridgehead atoms. The van der Waals surface area contributed by atoms with Crippen molar-refractivity contribution >= 4 is 23.5 Å². The van der Waals surface area contributed by atoms with Gasteiger partial charge in [-0.1, -0.05) is 55.8 Å². The van der Waals surface area contributed by atoms with Gasteiger partial charge in [0.1, 0.15) is 12.1 Å². The Morgan fingerprint density at radius 1 is 1.03 bits per heavy atom. The Kier molecular flexibility index (Phi) is 6.23. The van der Waals surface area contributed by atoms with Crippen LogP contribution in [0.1, 0.15) is 54.8 Å². The van der Waals surface area contributed by atoms with E-state index in [0.717, 1.165) is 27.4 Å². The lowest BCUT2D eigenvalue weighted by Gasteiger charge is -2.22. The summed E-state index contributed by atoms with van der Waals surface area (Å²) < 4.78 is 1.76. The molecule has 2 N–H and O–H groups in total. The van der Waals surface area contributed by atoms with Crippen molar-refractivity contribution in [3.63, 3.8) is 0 Å². The second kappa shape index (κ2) is 9.02. The minimum absolute atomic E-state index is 0.355. The number of aryl methyl sites for hydroxylation is 2. The maximum atomic E-state index is 13.2. The number of aromatic nitrogens is 2. The number of rotatable bonds is 6. The van der Waals surface area contributed by atoms with Gasteiger partial charge in [-0.3, -0.25) is 14.5 Å². The zero-order chi connectivity index (χ0) is 25.5. The number of hydrogen-bond donors (Lipinski definition) is 2. The van der Waals surface area contributed by atoms with Crippen molar-refractivity contribution in [2.24, 2.45) is 0 Å². The summed E-state index contributed by atoms with van der Waals surface area (Å²) in [5.74, 6) is -0.575. The number of carbonyl (C=O) groups is 3. The van der Waals surface area contributed by atoms with Crippen LogP contribution in [0.2, 0.25) is 0 Å². The summed E-state index contributed by atoms with van der Waals surface area (Å²) >= 11 is 0. The highest BCUT2D eigenvalue weighted by Crippen LogP contribution is 2.30. The summed E-state index contributed by atoms with van der Waals surface area (Å²) in [4.78, 5) is 39.8. The molecule has 1 saturated heterocycles. The summed E-state index contributed by atoms with van der Waals surface area (Å²) in [5, 5.41) is 10.1. The van der Waals surface area contributed by atoms with Crippen LogP contribution in [0.3, 0.4) is 0 Å². The van der Waals surface area contributed by atoms with Gasteiger partial charge >= 0.3 is 6.03 Å². The lowest BCUT2D eigenvalue weighted by molar-refractivity contribution is -0.133. The molecule has 182 valence electrons. The van der Waals surface area contributed by atoms with Gasteiger partial charge in [-0.05, 0) is 56.9 Å². The van der Waals surface area contributed by atoms with Gasteiger partial charge < -0.3 is 10.6 Å². The van der Waals surface area contributed by atoms with Crippen LogP contribution >= 0.6 is 0 Å². The molecule has 1 aliphatic heterocycles. The Bertz CT molecular complexity index is 1290. The van der Waals surface area contributed by atoms with E-state index in [1.165, 1.54) is 0 Å². The first kappa shape index (κ1) is 24.2. The quantitative estimate of drug-likeness (QED) is 0.521. The molecule has 1 atom stereocenters. The molecule has 1 aliphatic rings. The fraction of sp³-hybridized carbons (Fsp3) is 0.333. The first-order valence-electron chi connectivity index (χ1n) is 11.7. The Hall–Kier alpha value is -3.94. The number of anilines is 1. The number of carbonyl (C=O) groups excluding carboxylic acids is 3. The monoisotopic (exact) mass is 473 g/mol. The van der Waals surface area contributed by atoms with Crippen molar-refractivity contribution in [2.75, 3.05) is 11.9 Å². The summed E-state index contributed by atoms with van der Waals surface area (Å²) in [6, 6.07) is 14.9. The SMILES string of the molecule is Cc1ccc(-n2nc(C)c(NC(=O)CN3C(=O)NC(C)(c4ccc(C(C)C)cc4)C3=O)c2C)cc1. The van der Waals surface area contributed by atoms with Crippen molar-refractivity contribution in [3.05, 3.63) is 76.6 Å². The minimum Gasteiger partial charge on any atom is -0.321 e. The van der Waals surface area contributed by atoms with Gasteiger partial charge in [-0.2, -0.15) is 5.10 Å². The molecule has 8 nitrogen and oxygen atoms in total. The first-order chi connectivity index (χ1) is 16.5. The molecule has 0 saturated carbocycles. The highest BCUT2D eigenvalue weighted by molar-refractivity contribution is 6.10. The third-order valence-corrected chi connectivity index (χ3v) is 6.57. The number of urea groups is 1. The van der Waals surface area contributed by atoms with E-state index in [1.807, 2.05) is 62.4 Å². The highest BCUT2D eigenvalue weighted by Gasteiger charge is 2.49. The second-order valence-corrected chi connectivity index (χ2v) is 9.56. The minimum atomic E-state index is -1.23. The van der Waals surface area contributed by atoms with Gasteiger partial charge in [-0.15, -0.1) is 0 Å². The molecule has 0 spiro atoms. The van der Waals surface area contributed by atoms with Crippen molar-refractivity contribution in [2.45, 2.75) is 53.0 Å². The number of hydrogen-bond acceptors (Lipinski definition) is 4. The van der Waals surface area contributed by atoms with E-state index in [0.29, 0.717) is 22.9 Å². The predicted octanol–water partition coefficient (Wildman–Crippen LogP) is 4.33. The van der Waals surface area contributed by atoms with E-state index in [2.05, 4.69) is 29.6 Å². The molecular weight excluding hydrogens is 442 g/mol. The number of nitrogens with one attached hydrogen (secondary N) is 2. The molecule has 3 aromatic rings. The zero-order valence-corrected chi connectivity index (χ0v) is 21.0. The molecule has 0 radical (unpaired) electrons. The summed E-state index contributed by atoms with van der Waals surface area (Å²) in [7, 11) is 0. The standard InChI is InChI=1S/C27H31N5O3/c1-16(2)20-9-11-21(12-10-20)27(6)25(34)31(26(35)29-27)15-23(33)28-24-18(4)30-32(19(24)5)22-13-7-17(3)8-14-22/h7-14,16H,15H2,1-6H3,(H,28,33)(H,29,35). The molecule has 1 aromatic heterocycles. The van der Waals surface area contributed by atoms with Crippen LogP contribution in [0.15, 0.2) is 48.5 Å². The lowest BCUT2D eigenvalue weighted by Crippen LogP contribution is -2.42. The number of amides is 4. The molecule has 0 aliphatic carbocycles. The fourth-order valence-electron chi connectivity index (χ4n) is 4.32. The molecule has 1 fully saturated rings. The topological polar surface area (TPSA) is 96.3 Å². The molecule has 2 aromatic carbocycles. The third kappa shape index (κ3) is 4.43. The van der Waals surface area contributed by atoms with Crippen LogP contribution in [-0.2, 0) is 15.1 Å². The zero-order valence-electron chi connectivity index (χ0n) is 21.0. The van der Waals surface area contributed by atoms with Crippen LogP contribution in [0.25, 0.3) is 5.69 Å². The van der Waals surface area contributed by atoms with Crippen molar-refractivity contribution < 1.29 is 14.4 Å². The molecule has 8 heteroatoms. The highest BCUT2D eigenvalue weighted by atomic mass is 16.2. The second-order valence-electron chi connectivity index (χ2n) is 9.56. The molecule has 4 amide bonds. The van der Waals surface area contributed by atoms with Crippen LogP contribution < -0.4 is 10.6 Å². The van der Waals surface area contributed by atoms with E-state index in [4.69, 9.17) is 0 Å². The average molecular weight is 474 g/mol. The van der Waals surface area contributed by atoms with E-state index < -0.39 is 23.4 Å². The van der Waals surface area contributed by atoms with E-state index in [9.17, 15) is 14.4 Å². The molecule has 35 heavy (non-hydrogen) atoms. The Labute approximate surface area is 205 Å². The lowest BCUT2D eigenvalue weighted by atomic mass is 9.90. The summed E-state index contributed by atoms with van der Waals surface area (Å²) in [6.07, 6.45) is 0. The number of benzene rings is 2. The predicted molar refractivity (Wildman–Crippen MR) is 135 cm³/mol. The molecule has 4 rings (SSSR count). The third-order valence-electron chi connectivity index (χ3n) is 6.57. The summed E-state index contributed by atoms with van der Waals surface area (Å²) in [5.41, 5.74) is 4.57. The summed E-state index contributed by atoms with van der Waals surface area (Å²) in [6.45, 7) is 11.1. The largest absolute Gasteiger partial charge is 0.325 e. The van der Waals surface area contributed by atoms with E-state index in [1.54, 1.807) is 18.5 Å². The maximum absolute atomic E-state index is 13.2. The fourth-order valence-corrected chi connectivity index (χ4v) is 4.32. The van der Waals surface area contributed by atoms with Crippen LogP contribution in [0.5, 0.6) is 0 Å². The van der Waals surface area contributed by atoms with Crippen molar-refractivity contribution in [3.8, 4) is 5.69 Å². The van der Waals surface area contributed by atoms with Crippen LogP contribution in [0.4, 0.5) is 10.5 Å². The van der Waals surface area contributed by atoms with Gasteiger partial charge in [0.05, 0.1) is 22.8 Å². The van der Waals surface area contributed by atoms with Crippen molar-refractivity contribution in [1.29, 1.82) is 0 Å². The van der Waals surface area contributed by atoms with Gasteiger partial charge in [0, 0.05) is 0 Å². The van der Waals surface area contributed by atoms with Crippen LogP contribution in [0, 0.1) is 20.8 Å². The smallest absolute Gasteiger partial charge is 0.321 e. The Balaban J connectivity index is 1.50. The maximum Gasteiger partial charge on any atom is 0.325 e. The molecular formula is C27H31N5O3. The first-order valence-corrected chi connectivity index (χ1v) is 11.7. The van der Waals surface area contributed by atoms with Gasteiger partial charge in [-0.25, -0.2) is 9.48 Å². The molecule has 2 heterocycles. The van der Waals surface area contributed by atoms with E-state index in [-0.39, 0.29) is 6.54 Å². The Morgan fingerprint density at radius 2 is 1.66 bits per heavy atom. The van der Waals surface area contributed by atoms with Crippen molar-refractivity contribution in [1.82, 2.24) is 20.0 Å². The van der Waals surface area contributed by atoms with Gasteiger partial charge in [0.25, 0.3) is 5.91 Å². The number of imide groups is 1.